The van der Waals surface area contributed by atoms with Crippen molar-refractivity contribution in [3.63, 3.8) is 0 Å². The van der Waals surface area contributed by atoms with Crippen LogP contribution in [0, 0.1) is 6.92 Å². The van der Waals surface area contributed by atoms with Crippen LogP contribution in [0.5, 0.6) is 0 Å². The van der Waals surface area contributed by atoms with Gasteiger partial charge in [-0.3, -0.25) is 9.59 Å². The molecule has 0 saturated carbocycles. The Bertz CT molecular complexity index is 1210. The number of pyridine rings is 1. The maximum absolute atomic E-state index is 13.7. The number of rotatable bonds is 2. The van der Waals surface area contributed by atoms with Crippen LogP contribution in [0.4, 0.5) is 0 Å². The van der Waals surface area contributed by atoms with Crippen LogP contribution in [-0.2, 0) is 6.42 Å². The van der Waals surface area contributed by atoms with Crippen molar-refractivity contribution < 1.29 is 4.79 Å². The average molecular weight is 485 g/mol. The molecule has 0 unspecified atom stereocenters. The number of benzene rings is 1. The largest absolute Gasteiger partial charge is 0.338 e. The van der Waals surface area contributed by atoms with Crippen LogP contribution in [0.3, 0.4) is 0 Å². The maximum Gasteiger partial charge on any atom is 0.259 e. The van der Waals surface area contributed by atoms with Crippen LogP contribution >= 0.6 is 34.7 Å². The number of amides is 1. The molecular formula is C25H25ClN2O2S2. The Hall–Kier alpha value is -2.02. The van der Waals surface area contributed by atoms with Gasteiger partial charge in [0.05, 0.1) is 5.69 Å². The summed E-state index contributed by atoms with van der Waals surface area (Å²) in [6.07, 6.45) is 4.88. The number of halogens is 1. The van der Waals surface area contributed by atoms with E-state index in [1.165, 1.54) is 4.88 Å². The van der Waals surface area contributed by atoms with Crippen LogP contribution in [0.1, 0.15) is 57.6 Å². The van der Waals surface area contributed by atoms with Crippen LogP contribution in [0.2, 0.25) is 5.02 Å². The van der Waals surface area contributed by atoms with Gasteiger partial charge in [-0.05, 0) is 49.4 Å². The van der Waals surface area contributed by atoms with Crippen molar-refractivity contribution in [2.45, 2.75) is 49.2 Å². The number of aryl methyl sites for hydroxylation is 1. The third-order valence-electron chi connectivity index (χ3n) is 6.28. The minimum Gasteiger partial charge on any atom is -0.338 e. The molecule has 0 spiro atoms. The third-order valence-corrected chi connectivity index (χ3v) is 8.93. The van der Waals surface area contributed by atoms with Crippen molar-refractivity contribution in [3.8, 4) is 5.69 Å². The fourth-order valence-corrected chi connectivity index (χ4v) is 7.23. The van der Waals surface area contributed by atoms with E-state index in [0.29, 0.717) is 17.0 Å². The number of carbonyl (C=O) groups is 1. The highest BCUT2D eigenvalue weighted by Gasteiger charge is 2.31. The Morgan fingerprint density at radius 3 is 2.59 bits per heavy atom. The van der Waals surface area contributed by atoms with Gasteiger partial charge in [-0.15, -0.1) is 23.1 Å². The summed E-state index contributed by atoms with van der Waals surface area (Å²) < 4.78 is 2.11. The van der Waals surface area contributed by atoms with Crippen molar-refractivity contribution in [1.29, 1.82) is 0 Å². The predicted octanol–water partition coefficient (Wildman–Crippen LogP) is 6.27. The highest BCUT2D eigenvalue weighted by atomic mass is 35.5. The van der Waals surface area contributed by atoms with E-state index in [4.69, 9.17) is 11.6 Å². The quantitative estimate of drug-likeness (QED) is 0.430. The molecule has 32 heavy (non-hydrogen) atoms. The molecule has 1 saturated heterocycles. The van der Waals surface area contributed by atoms with Crippen LogP contribution < -0.4 is 5.43 Å². The van der Waals surface area contributed by atoms with Gasteiger partial charge in [0.15, 0.2) is 5.43 Å². The summed E-state index contributed by atoms with van der Waals surface area (Å²) in [6, 6.07) is 11.7. The third kappa shape index (κ3) is 4.04. The minimum atomic E-state index is -0.171. The molecule has 2 aromatic heterocycles. The molecule has 1 amide bonds. The first-order valence-electron chi connectivity index (χ1n) is 11.1. The van der Waals surface area contributed by atoms with Gasteiger partial charge in [-0.1, -0.05) is 30.5 Å². The monoisotopic (exact) mass is 484 g/mol. The number of nitrogens with zero attached hydrogens (tertiary/aromatic N) is 2. The van der Waals surface area contributed by atoms with Crippen molar-refractivity contribution in [3.05, 3.63) is 78.9 Å². The molecule has 3 aromatic rings. The van der Waals surface area contributed by atoms with E-state index in [1.807, 2.05) is 30.0 Å². The van der Waals surface area contributed by atoms with E-state index in [-0.39, 0.29) is 16.6 Å². The van der Waals surface area contributed by atoms with Gasteiger partial charge in [0, 0.05) is 57.0 Å². The highest BCUT2D eigenvalue weighted by Crippen LogP contribution is 2.46. The van der Waals surface area contributed by atoms with Gasteiger partial charge in [0.25, 0.3) is 5.91 Å². The standard InChI is InChI=1S/C25H25ClN2O2S2/c1-16-13-20(29)24(25(30)27-10-4-2-3-5-11-27)19-15-23(21-7-6-12-31-21)32-22-14-17(26)8-9-18(22)28(16)19/h6-9,12-14,23H,2-5,10-11,15H2,1H3/t23-/m0/s1. The van der Waals surface area contributed by atoms with Crippen LogP contribution in [-0.4, -0.2) is 28.5 Å². The summed E-state index contributed by atoms with van der Waals surface area (Å²) in [6.45, 7) is 3.39. The number of likely N-dealkylation sites (tertiary alicyclic amines) is 1. The van der Waals surface area contributed by atoms with E-state index in [2.05, 4.69) is 22.1 Å². The molecule has 1 aromatic carbocycles. The van der Waals surface area contributed by atoms with Crippen molar-refractivity contribution in [2.24, 2.45) is 0 Å². The highest BCUT2D eigenvalue weighted by molar-refractivity contribution is 7.99. The van der Waals surface area contributed by atoms with Crippen molar-refractivity contribution >= 4 is 40.6 Å². The fourth-order valence-electron chi connectivity index (χ4n) is 4.75. The van der Waals surface area contributed by atoms with Crippen molar-refractivity contribution in [2.75, 3.05) is 13.1 Å². The van der Waals surface area contributed by atoms with Crippen LogP contribution in [0.15, 0.2) is 51.5 Å². The number of aromatic nitrogens is 1. The number of thioether (sulfide) groups is 1. The summed E-state index contributed by atoms with van der Waals surface area (Å²) in [5, 5.41) is 2.87. The first kappa shape index (κ1) is 21.8. The van der Waals surface area contributed by atoms with E-state index in [0.717, 1.165) is 60.7 Å². The van der Waals surface area contributed by atoms with E-state index in [1.54, 1.807) is 29.2 Å². The second-order valence-corrected chi connectivity index (χ2v) is 11.1. The lowest BCUT2D eigenvalue weighted by atomic mass is 10.0. The smallest absolute Gasteiger partial charge is 0.259 e. The number of carbonyl (C=O) groups excluding carboxylic acids is 1. The molecule has 0 aliphatic carbocycles. The average Bonchev–Trinajstić information content (AvgIpc) is 3.08. The first-order chi connectivity index (χ1) is 15.5. The summed E-state index contributed by atoms with van der Waals surface area (Å²) in [5.41, 5.74) is 2.80. The summed E-state index contributed by atoms with van der Waals surface area (Å²) in [5.74, 6) is -0.118. The Morgan fingerprint density at radius 1 is 1.09 bits per heavy atom. The van der Waals surface area contributed by atoms with Gasteiger partial charge in [0.1, 0.15) is 5.56 Å². The van der Waals surface area contributed by atoms with E-state index < -0.39 is 0 Å². The molecule has 1 fully saturated rings. The van der Waals surface area contributed by atoms with E-state index >= 15 is 0 Å². The molecule has 4 heterocycles. The Kier molecular flexibility index (Phi) is 6.19. The zero-order chi connectivity index (χ0) is 22.2. The first-order valence-corrected chi connectivity index (χ1v) is 13.2. The topological polar surface area (TPSA) is 42.3 Å². The zero-order valence-corrected chi connectivity index (χ0v) is 20.4. The molecule has 0 N–H and O–H groups in total. The number of thiophene rings is 1. The molecular weight excluding hydrogens is 460 g/mol. The second-order valence-electron chi connectivity index (χ2n) is 8.45. The Balaban J connectivity index is 1.72. The minimum absolute atomic E-state index is 0.109. The molecule has 0 radical (unpaired) electrons. The molecule has 2 aliphatic heterocycles. The second kappa shape index (κ2) is 9.08. The lowest BCUT2D eigenvalue weighted by molar-refractivity contribution is 0.0758. The molecule has 166 valence electrons. The Morgan fingerprint density at radius 2 is 1.88 bits per heavy atom. The fraction of sp³-hybridized carbons (Fsp3) is 0.360. The summed E-state index contributed by atoms with van der Waals surface area (Å²) in [4.78, 5) is 31.2. The number of fused-ring (bicyclic) bond motifs is 3. The maximum atomic E-state index is 13.7. The SMILES string of the molecule is Cc1cc(=O)c(C(=O)N2CCCCCC2)c2n1-c1ccc(Cl)cc1S[C@H](c1cccs1)C2. The lowest BCUT2D eigenvalue weighted by Gasteiger charge is -2.24. The van der Waals surface area contributed by atoms with Gasteiger partial charge in [-0.2, -0.15) is 0 Å². The number of hydrogen-bond donors (Lipinski definition) is 0. The van der Waals surface area contributed by atoms with Gasteiger partial charge < -0.3 is 9.47 Å². The van der Waals surface area contributed by atoms with Gasteiger partial charge >= 0.3 is 0 Å². The molecule has 7 heteroatoms. The Labute approximate surface area is 201 Å². The molecule has 5 rings (SSSR count). The lowest BCUT2D eigenvalue weighted by Crippen LogP contribution is -2.37. The molecule has 1 atom stereocenters. The van der Waals surface area contributed by atoms with Gasteiger partial charge in [0.2, 0.25) is 0 Å². The summed E-state index contributed by atoms with van der Waals surface area (Å²) in [7, 11) is 0. The van der Waals surface area contributed by atoms with Gasteiger partial charge in [-0.25, -0.2) is 0 Å². The van der Waals surface area contributed by atoms with Crippen molar-refractivity contribution in [1.82, 2.24) is 9.47 Å². The zero-order valence-electron chi connectivity index (χ0n) is 18.0. The van der Waals surface area contributed by atoms with E-state index in [9.17, 15) is 9.59 Å². The summed E-state index contributed by atoms with van der Waals surface area (Å²) >= 11 is 9.83. The van der Waals surface area contributed by atoms with Crippen LogP contribution in [0.25, 0.3) is 5.69 Å². The number of hydrogen-bond acceptors (Lipinski definition) is 4. The molecule has 0 bridgehead atoms. The normalized spacial score (nSPS) is 18.4. The molecule has 4 nitrogen and oxygen atoms in total. The molecule has 2 aliphatic rings. The predicted molar refractivity (Wildman–Crippen MR) is 133 cm³/mol.